The number of benzene rings is 2. The van der Waals surface area contributed by atoms with Crippen LogP contribution in [0.15, 0.2) is 61.2 Å². The van der Waals surface area contributed by atoms with Crippen molar-refractivity contribution in [1.82, 2.24) is 0 Å². The van der Waals surface area contributed by atoms with Gasteiger partial charge in [-0.05, 0) is 41.5 Å². The van der Waals surface area contributed by atoms with Gasteiger partial charge in [0.15, 0.2) is 11.5 Å². The van der Waals surface area contributed by atoms with Crippen LogP contribution in [-0.2, 0) is 11.2 Å². The Balaban J connectivity index is 2.00. The molecule has 1 amide bonds. The fourth-order valence-corrected chi connectivity index (χ4v) is 2.21. The molecule has 0 bridgehead atoms. The van der Waals surface area contributed by atoms with Crippen molar-refractivity contribution in [3.8, 4) is 17.6 Å². The molecule has 2 aromatic rings. The number of ether oxygens (including phenoxy) is 2. The van der Waals surface area contributed by atoms with E-state index in [0.717, 1.165) is 11.1 Å². The second-order valence-electron chi connectivity index (χ2n) is 5.36. The van der Waals surface area contributed by atoms with Gasteiger partial charge in [-0.25, -0.2) is 0 Å². The molecule has 0 saturated carbocycles. The van der Waals surface area contributed by atoms with Gasteiger partial charge in [0.25, 0.3) is 0 Å². The first kappa shape index (κ1) is 18.8. The zero-order valence-electron chi connectivity index (χ0n) is 14.6. The maximum atomic E-state index is 12.0. The van der Waals surface area contributed by atoms with Gasteiger partial charge in [-0.2, -0.15) is 5.26 Å². The Morgan fingerprint density at radius 3 is 2.65 bits per heavy atom. The van der Waals surface area contributed by atoms with E-state index in [0.29, 0.717) is 30.2 Å². The Kier molecular flexibility index (Phi) is 7.02. The SMILES string of the molecule is C=CCOc1ccc(/C=C/C(=O)Nc2ccc(CC#N)cc2)cc1OC. The summed E-state index contributed by atoms with van der Waals surface area (Å²) in [5, 5.41) is 11.4. The van der Waals surface area contributed by atoms with E-state index in [2.05, 4.69) is 18.0 Å². The summed E-state index contributed by atoms with van der Waals surface area (Å²) in [6.45, 7) is 4.00. The molecule has 2 aromatic carbocycles. The normalized spacial score (nSPS) is 10.2. The maximum absolute atomic E-state index is 12.0. The highest BCUT2D eigenvalue weighted by atomic mass is 16.5. The average molecular weight is 348 g/mol. The van der Waals surface area contributed by atoms with Crippen molar-refractivity contribution < 1.29 is 14.3 Å². The van der Waals surface area contributed by atoms with Crippen LogP contribution in [0.1, 0.15) is 11.1 Å². The van der Waals surface area contributed by atoms with Gasteiger partial charge in [0.05, 0.1) is 19.6 Å². The minimum absolute atomic E-state index is 0.246. The summed E-state index contributed by atoms with van der Waals surface area (Å²) in [5.74, 6) is 0.956. The van der Waals surface area contributed by atoms with Gasteiger partial charge < -0.3 is 14.8 Å². The highest BCUT2D eigenvalue weighted by Crippen LogP contribution is 2.28. The summed E-state index contributed by atoms with van der Waals surface area (Å²) in [4.78, 5) is 12.0. The molecule has 5 heteroatoms. The summed E-state index contributed by atoms with van der Waals surface area (Å²) in [5.41, 5.74) is 2.39. The zero-order valence-corrected chi connectivity index (χ0v) is 14.6. The largest absolute Gasteiger partial charge is 0.493 e. The Morgan fingerprint density at radius 2 is 2.00 bits per heavy atom. The summed E-state index contributed by atoms with van der Waals surface area (Å²) in [6.07, 6.45) is 5.15. The number of hydrogen-bond donors (Lipinski definition) is 1. The van der Waals surface area contributed by atoms with Crippen molar-refractivity contribution in [2.24, 2.45) is 0 Å². The molecule has 132 valence electrons. The first-order valence-corrected chi connectivity index (χ1v) is 8.03. The third-order valence-corrected chi connectivity index (χ3v) is 3.48. The van der Waals surface area contributed by atoms with E-state index in [1.165, 1.54) is 6.08 Å². The third-order valence-electron chi connectivity index (χ3n) is 3.48. The quantitative estimate of drug-likeness (QED) is 0.579. The van der Waals surface area contributed by atoms with Gasteiger partial charge in [0.2, 0.25) is 5.91 Å². The van der Waals surface area contributed by atoms with Crippen LogP contribution in [-0.4, -0.2) is 19.6 Å². The van der Waals surface area contributed by atoms with Gasteiger partial charge in [0.1, 0.15) is 6.61 Å². The molecular formula is C21H20N2O3. The number of rotatable bonds is 8. The maximum Gasteiger partial charge on any atom is 0.248 e. The van der Waals surface area contributed by atoms with Crippen molar-refractivity contribution in [3.05, 3.63) is 72.3 Å². The number of carbonyl (C=O) groups is 1. The van der Waals surface area contributed by atoms with Crippen LogP contribution in [0.4, 0.5) is 5.69 Å². The van der Waals surface area contributed by atoms with Crippen LogP contribution in [0.25, 0.3) is 6.08 Å². The fourth-order valence-electron chi connectivity index (χ4n) is 2.21. The number of hydrogen-bond acceptors (Lipinski definition) is 4. The predicted molar refractivity (Wildman–Crippen MR) is 102 cm³/mol. The lowest BCUT2D eigenvalue weighted by Crippen LogP contribution is -2.07. The smallest absolute Gasteiger partial charge is 0.248 e. The fraction of sp³-hybridized carbons (Fsp3) is 0.143. The average Bonchev–Trinajstić information content (AvgIpc) is 2.66. The topological polar surface area (TPSA) is 71.3 Å². The second-order valence-corrected chi connectivity index (χ2v) is 5.36. The van der Waals surface area contributed by atoms with Crippen LogP contribution < -0.4 is 14.8 Å². The molecule has 0 heterocycles. The molecule has 0 radical (unpaired) electrons. The summed E-state index contributed by atoms with van der Waals surface area (Å²) in [7, 11) is 1.56. The number of nitrogens with zero attached hydrogens (tertiary/aromatic N) is 1. The van der Waals surface area contributed by atoms with Gasteiger partial charge in [0, 0.05) is 11.8 Å². The third kappa shape index (κ3) is 5.53. The van der Waals surface area contributed by atoms with Crippen LogP contribution in [0.2, 0.25) is 0 Å². The second kappa shape index (κ2) is 9.70. The molecule has 26 heavy (non-hydrogen) atoms. The highest BCUT2D eigenvalue weighted by Gasteiger charge is 2.04. The van der Waals surface area contributed by atoms with Gasteiger partial charge in [-0.1, -0.05) is 30.9 Å². The Hall–Kier alpha value is -3.52. The molecule has 0 aromatic heterocycles. The molecule has 0 atom stereocenters. The van der Waals surface area contributed by atoms with Crippen molar-refractivity contribution in [2.75, 3.05) is 19.0 Å². The van der Waals surface area contributed by atoms with Crippen LogP contribution in [0.5, 0.6) is 11.5 Å². The lowest BCUT2D eigenvalue weighted by Gasteiger charge is -2.09. The minimum atomic E-state index is -0.246. The number of nitriles is 1. The van der Waals surface area contributed by atoms with E-state index in [4.69, 9.17) is 14.7 Å². The van der Waals surface area contributed by atoms with E-state index in [-0.39, 0.29) is 5.91 Å². The first-order valence-electron chi connectivity index (χ1n) is 8.03. The van der Waals surface area contributed by atoms with Crippen molar-refractivity contribution in [2.45, 2.75) is 6.42 Å². The number of anilines is 1. The van der Waals surface area contributed by atoms with Crippen LogP contribution in [0.3, 0.4) is 0 Å². The standard InChI is InChI=1S/C21H20N2O3/c1-3-14-26-19-10-6-17(15-20(19)25-2)7-11-21(24)23-18-8-4-16(5-9-18)12-13-22/h3-11,15H,1,12,14H2,2H3,(H,23,24)/b11-7+. The molecule has 0 saturated heterocycles. The van der Waals surface area contributed by atoms with Gasteiger partial charge in [-0.15, -0.1) is 0 Å². The number of nitrogens with one attached hydrogen (secondary N) is 1. The molecule has 1 N–H and O–H groups in total. The minimum Gasteiger partial charge on any atom is -0.493 e. The summed E-state index contributed by atoms with van der Waals surface area (Å²) < 4.78 is 10.8. The number of amides is 1. The molecule has 0 spiro atoms. The molecule has 0 aliphatic carbocycles. The van der Waals surface area contributed by atoms with E-state index in [1.807, 2.05) is 18.2 Å². The van der Waals surface area contributed by atoms with Crippen molar-refractivity contribution >= 4 is 17.7 Å². The molecule has 5 nitrogen and oxygen atoms in total. The Bertz CT molecular complexity index is 833. The molecule has 2 rings (SSSR count). The van der Waals surface area contributed by atoms with E-state index >= 15 is 0 Å². The molecule has 0 fully saturated rings. The Labute approximate surface area is 153 Å². The lowest BCUT2D eigenvalue weighted by molar-refractivity contribution is -0.111. The molecule has 0 aliphatic rings. The Morgan fingerprint density at radius 1 is 1.23 bits per heavy atom. The van der Waals surface area contributed by atoms with Crippen LogP contribution >= 0.6 is 0 Å². The first-order chi connectivity index (χ1) is 12.7. The number of methoxy groups -OCH3 is 1. The van der Waals surface area contributed by atoms with Crippen molar-refractivity contribution in [3.63, 3.8) is 0 Å². The highest BCUT2D eigenvalue weighted by molar-refractivity contribution is 6.01. The van der Waals surface area contributed by atoms with Crippen molar-refractivity contribution in [1.29, 1.82) is 5.26 Å². The zero-order chi connectivity index (χ0) is 18.8. The van der Waals surface area contributed by atoms with E-state index < -0.39 is 0 Å². The van der Waals surface area contributed by atoms with E-state index in [1.54, 1.807) is 43.5 Å². The summed E-state index contributed by atoms with van der Waals surface area (Å²) in [6, 6.07) is 14.7. The molecule has 0 aliphatic heterocycles. The predicted octanol–water partition coefficient (Wildman–Crippen LogP) is 3.98. The number of carbonyl (C=O) groups excluding carboxylic acids is 1. The monoisotopic (exact) mass is 348 g/mol. The molecular weight excluding hydrogens is 328 g/mol. The van der Waals surface area contributed by atoms with E-state index in [9.17, 15) is 4.79 Å². The summed E-state index contributed by atoms with van der Waals surface area (Å²) >= 11 is 0. The van der Waals surface area contributed by atoms with Crippen LogP contribution in [0, 0.1) is 11.3 Å². The van der Waals surface area contributed by atoms with Gasteiger partial charge >= 0.3 is 0 Å². The lowest BCUT2D eigenvalue weighted by atomic mass is 10.1. The molecule has 0 unspecified atom stereocenters. The van der Waals surface area contributed by atoms with Gasteiger partial charge in [-0.3, -0.25) is 4.79 Å².